The van der Waals surface area contributed by atoms with E-state index in [-0.39, 0.29) is 139 Å². The summed E-state index contributed by atoms with van der Waals surface area (Å²) in [7, 11) is -7.56. The molecule has 0 atom stereocenters. The molecule has 0 aliphatic carbocycles. The summed E-state index contributed by atoms with van der Waals surface area (Å²) in [4.78, 5) is 9.73. The van der Waals surface area contributed by atoms with Crippen molar-refractivity contribution >= 4 is 70.5 Å². The number of rotatable bonds is 10. The Balaban J connectivity index is 0.00000290. The molecule has 0 amide bonds. The van der Waals surface area contributed by atoms with E-state index in [1.54, 1.807) is 24.3 Å². The number of hydrogen-bond acceptors (Lipinski definition) is 17. The molecular weight excluding hydrogens is 818 g/mol. The number of carbonyl (C=O) groups is 1. The number of phenols is 3. The quantitative estimate of drug-likeness (QED) is 0.0698. The van der Waals surface area contributed by atoms with Crippen molar-refractivity contribution in [1.29, 1.82) is 0 Å². The van der Waals surface area contributed by atoms with Crippen LogP contribution in [0.2, 0.25) is 0 Å². The Morgan fingerprint density at radius 1 is 0.596 bits per heavy atom. The van der Waals surface area contributed by atoms with Crippen molar-refractivity contribution in [1.82, 2.24) is 0 Å². The van der Waals surface area contributed by atoms with Crippen LogP contribution < -0.4 is 103 Å². The molecule has 57 heavy (non-hydrogen) atoms. The number of aromatic carboxylic acids is 1. The Labute approximate surface area is 390 Å². The van der Waals surface area contributed by atoms with Crippen LogP contribution in [0.3, 0.4) is 0 Å². The molecule has 6 aromatic rings. The van der Waals surface area contributed by atoms with Crippen molar-refractivity contribution in [3.63, 3.8) is 0 Å². The van der Waals surface area contributed by atoms with Crippen LogP contribution in [0.4, 0.5) is 22.7 Å². The third-order valence-corrected chi connectivity index (χ3v) is 9.83. The summed E-state index contributed by atoms with van der Waals surface area (Å²) in [5.74, 6) is -3.54. The Hall–Kier alpha value is -3.67. The first kappa shape index (κ1) is 47.7. The van der Waals surface area contributed by atoms with Gasteiger partial charge in [-0.2, -0.15) is 0 Å². The molecule has 22 heteroatoms. The molecular formula is C35H23N4Na3O13S2. The number of nitrogens with zero attached hydrogens (tertiary/aromatic N) is 4. The average molecular weight is 841 g/mol. The molecule has 0 aliphatic rings. The minimum absolute atomic E-state index is 0. The van der Waals surface area contributed by atoms with E-state index in [4.69, 9.17) is 9.47 Å². The van der Waals surface area contributed by atoms with Crippen LogP contribution in [-0.2, 0) is 20.2 Å². The molecule has 0 saturated heterocycles. The summed E-state index contributed by atoms with van der Waals surface area (Å²) in [6.07, 6.45) is 0. The van der Waals surface area contributed by atoms with Gasteiger partial charge < -0.3 is 43.8 Å². The predicted molar refractivity (Wildman–Crippen MR) is 186 cm³/mol. The van der Waals surface area contributed by atoms with E-state index in [1.165, 1.54) is 50.6 Å². The molecule has 0 unspecified atom stereocenters. The van der Waals surface area contributed by atoms with E-state index >= 15 is 0 Å². The maximum absolute atomic E-state index is 12.1. The van der Waals surface area contributed by atoms with Crippen molar-refractivity contribution in [3.8, 4) is 39.9 Å². The molecule has 0 radical (unpaired) electrons. The zero-order valence-corrected chi connectivity index (χ0v) is 38.2. The van der Waals surface area contributed by atoms with E-state index in [1.807, 2.05) is 0 Å². The fourth-order valence-corrected chi connectivity index (χ4v) is 6.87. The summed E-state index contributed by atoms with van der Waals surface area (Å²) in [5.41, 5.74) is -0.462. The maximum atomic E-state index is 12.1. The van der Waals surface area contributed by atoms with Crippen molar-refractivity contribution in [2.45, 2.75) is 9.79 Å². The number of hydrogen-bond donors (Lipinski definition) is 3. The number of aromatic hydroxyl groups is 3. The normalized spacial score (nSPS) is 11.6. The van der Waals surface area contributed by atoms with Gasteiger partial charge in [0.15, 0.2) is 11.5 Å². The third kappa shape index (κ3) is 9.97. The van der Waals surface area contributed by atoms with Crippen LogP contribution in [0.1, 0.15) is 10.4 Å². The third-order valence-electron chi connectivity index (χ3n) is 8.10. The number of methoxy groups -OCH3 is 2. The molecule has 0 spiro atoms. The molecule has 0 aromatic heterocycles. The second-order valence-electron chi connectivity index (χ2n) is 11.3. The summed E-state index contributed by atoms with van der Waals surface area (Å²) in [6, 6.07) is 18.5. The number of fused-ring (bicyclic) bond motifs is 2. The standard InChI is InChI=1S/C35H26N4O13S2.3Na/c1-51-28-12-17(7-9-24(28)36-38-26-16-30(53(45,46)47)20-5-3-4-6-21(20)33(26)41)18-8-10-25(29(13-18)52-2)37-39-32-31(54(48,49)50)14-19-11-23(35(43)44)27(40)15-22(19)34(32)42;;;/h3-16,40-42H,1-2H3,(H,43,44)(H,45,46,47)(H,48,49,50);;;/q;3*+1/p-3. The van der Waals surface area contributed by atoms with Gasteiger partial charge in [-0.3, -0.25) is 0 Å². The van der Waals surface area contributed by atoms with Crippen LogP contribution in [0.25, 0.3) is 32.7 Å². The average Bonchev–Trinajstić information content (AvgIpc) is 3.13. The number of phenolic OH excluding ortho intramolecular Hbond substituents is 2. The van der Waals surface area contributed by atoms with Crippen molar-refractivity contribution in [3.05, 3.63) is 90.5 Å². The fraction of sp³-hybridized carbons (Fsp3) is 0.0571. The van der Waals surface area contributed by atoms with Crippen molar-refractivity contribution < 1.29 is 149 Å². The number of azo groups is 2. The van der Waals surface area contributed by atoms with Gasteiger partial charge >= 0.3 is 88.7 Å². The second kappa shape index (κ2) is 18.9. The molecule has 0 heterocycles. The molecule has 6 rings (SSSR count). The molecule has 6 aromatic carbocycles. The van der Waals surface area contributed by atoms with E-state index in [9.17, 15) is 51.2 Å². The molecule has 0 fully saturated rings. The number of carboxylic acid groups (broad SMARTS) is 1. The van der Waals surface area contributed by atoms with Gasteiger partial charge in [-0.1, -0.05) is 36.4 Å². The van der Waals surface area contributed by atoms with Crippen LogP contribution >= 0.6 is 0 Å². The Morgan fingerprint density at radius 3 is 1.61 bits per heavy atom. The van der Waals surface area contributed by atoms with Gasteiger partial charge in [0, 0.05) is 21.7 Å². The zero-order valence-electron chi connectivity index (χ0n) is 30.6. The summed E-state index contributed by atoms with van der Waals surface area (Å²) < 4.78 is 83.2. The second-order valence-corrected chi connectivity index (χ2v) is 14.0. The SMILES string of the molecule is COc1cc(-c2ccc(N=Nc3c(S(=O)(=O)[O-])cc4cc(C(=O)[O-])c(O)cc4c3O)c(OC)c2)ccc1N=Nc1cc(S(=O)(=O)[O-])c2ccccc2c1O.[Na+].[Na+].[Na+]. The van der Waals surface area contributed by atoms with Gasteiger partial charge in [0.1, 0.15) is 60.2 Å². The molecule has 3 N–H and O–H groups in total. The van der Waals surface area contributed by atoms with Gasteiger partial charge in [0.25, 0.3) is 0 Å². The van der Waals surface area contributed by atoms with Gasteiger partial charge in [-0.05, 0) is 65.0 Å². The fourth-order valence-electron chi connectivity index (χ4n) is 5.52. The molecule has 0 bridgehead atoms. The van der Waals surface area contributed by atoms with Gasteiger partial charge in [-0.25, -0.2) is 16.8 Å². The van der Waals surface area contributed by atoms with Crippen LogP contribution in [0.15, 0.2) is 115 Å². The molecule has 0 saturated carbocycles. The maximum Gasteiger partial charge on any atom is 1.00 e. The largest absolute Gasteiger partial charge is 1.00 e. The van der Waals surface area contributed by atoms with Crippen molar-refractivity contribution in [2.24, 2.45) is 20.5 Å². The number of carboxylic acids is 1. The summed E-state index contributed by atoms with van der Waals surface area (Å²) in [5, 5.41) is 58.6. The minimum Gasteiger partial charge on any atom is -0.744 e. The van der Waals surface area contributed by atoms with Crippen LogP contribution in [-0.4, -0.2) is 61.4 Å². The Bertz CT molecular complexity index is 2840. The monoisotopic (exact) mass is 840 g/mol. The van der Waals surface area contributed by atoms with Gasteiger partial charge in [0.05, 0.1) is 30.0 Å². The Kier molecular flexibility index (Phi) is 15.8. The van der Waals surface area contributed by atoms with E-state index in [0.717, 1.165) is 24.3 Å². The molecule has 17 nitrogen and oxygen atoms in total. The smallest absolute Gasteiger partial charge is 0.744 e. The number of benzene rings is 6. The minimum atomic E-state index is -5.30. The number of ether oxygens (including phenoxy) is 2. The topological polar surface area (TPSA) is 283 Å². The zero-order chi connectivity index (χ0) is 39.1. The van der Waals surface area contributed by atoms with Crippen LogP contribution in [0, 0.1) is 0 Å². The summed E-state index contributed by atoms with van der Waals surface area (Å²) >= 11 is 0. The van der Waals surface area contributed by atoms with E-state index in [2.05, 4.69) is 20.5 Å². The summed E-state index contributed by atoms with van der Waals surface area (Å²) in [6.45, 7) is 0. The van der Waals surface area contributed by atoms with E-state index in [0.29, 0.717) is 11.1 Å². The van der Waals surface area contributed by atoms with Crippen molar-refractivity contribution in [2.75, 3.05) is 14.2 Å². The van der Waals surface area contributed by atoms with Gasteiger partial charge in [0.2, 0.25) is 0 Å². The molecule has 0 aliphatic heterocycles. The predicted octanol–water partition coefficient (Wildman–Crippen LogP) is -3.19. The molecule has 276 valence electrons. The first-order valence-corrected chi connectivity index (χ1v) is 17.9. The first-order chi connectivity index (χ1) is 25.5. The Morgan fingerprint density at radius 2 is 1.11 bits per heavy atom. The number of carbonyl (C=O) groups excluding carboxylic acids is 1. The van der Waals surface area contributed by atoms with Gasteiger partial charge in [-0.15, -0.1) is 20.5 Å². The van der Waals surface area contributed by atoms with E-state index < -0.39 is 64.5 Å². The van der Waals surface area contributed by atoms with Crippen LogP contribution in [0.5, 0.6) is 28.7 Å². The first-order valence-electron chi connectivity index (χ1n) is 15.1.